The summed E-state index contributed by atoms with van der Waals surface area (Å²) < 4.78 is 0. The van der Waals surface area contributed by atoms with Crippen LogP contribution in [0.25, 0.3) is 0 Å². The van der Waals surface area contributed by atoms with E-state index in [4.69, 9.17) is 10.8 Å². The molecular formula is C7H13NO2. The van der Waals surface area contributed by atoms with Gasteiger partial charge in [0.15, 0.2) is 0 Å². The minimum atomic E-state index is -0.943. The van der Waals surface area contributed by atoms with Crippen molar-refractivity contribution in [1.82, 2.24) is 0 Å². The summed E-state index contributed by atoms with van der Waals surface area (Å²) in [6, 6.07) is -0.754. The van der Waals surface area contributed by atoms with Crippen LogP contribution in [0, 0.1) is 0 Å². The first-order valence-corrected chi connectivity index (χ1v) is 3.18. The van der Waals surface area contributed by atoms with E-state index in [0.717, 1.165) is 5.57 Å². The number of nitrogens with two attached hydrogens (primary N) is 1. The van der Waals surface area contributed by atoms with Crippen LogP contribution in [0.3, 0.4) is 0 Å². The number of rotatable bonds is 3. The average molecular weight is 143 g/mol. The molecule has 0 spiro atoms. The number of hydrogen-bond donors (Lipinski definition) is 2. The summed E-state index contributed by atoms with van der Waals surface area (Å²) in [4.78, 5) is 10.2. The summed E-state index contributed by atoms with van der Waals surface area (Å²) in [6.45, 7) is 3.73. The Morgan fingerprint density at radius 2 is 2.30 bits per heavy atom. The fourth-order valence-electron chi connectivity index (χ4n) is 0.552. The van der Waals surface area contributed by atoms with Gasteiger partial charge in [0.25, 0.3) is 0 Å². The fraction of sp³-hybridized carbons (Fsp3) is 0.571. The minimum Gasteiger partial charge on any atom is -0.480 e. The van der Waals surface area contributed by atoms with Crippen molar-refractivity contribution < 1.29 is 9.90 Å². The maximum absolute atomic E-state index is 10.2. The summed E-state index contributed by atoms with van der Waals surface area (Å²) in [5.74, 6) is -0.943. The fourth-order valence-corrected chi connectivity index (χ4v) is 0.552. The summed E-state index contributed by atoms with van der Waals surface area (Å²) in [6.07, 6.45) is 2.30. The molecule has 0 unspecified atom stereocenters. The molecule has 0 aliphatic rings. The number of carbonyl (C=O) groups is 1. The number of hydrogen-bond acceptors (Lipinski definition) is 2. The van der Waals surface area contributed by atoms with Gasteiger partial charge in [-0.15, -0.1) is 0 Å². The highest BCUT2D eigenvalue weighted by molar-refractivity contribution is 5.73. The van der Waals surface area contributed by atoms with Gasteiger partial charge in [0.2, 0.25) is 0 Å². The number of aliphatic carboxylic acids is 1. The Morgan fingerprint density at radius 3 is 2.60 bits per heavy atom. The molecule has 0 fully saturated rings. The van der Waals surface area contributed by atoms with Crippen LogP contribution in [0.5, 0.6) is 0 Å². The van der Waals surface area contributed by atoms with E-state index < -0.39 is 12.0 Å². The van der Waals surface area contributed by atoms with Gasteiger partial charge >= 0.3 is 5.97 Å². The standard InChI is InChI=1S/C7H13NO2/c1-3-5(2)4-6(8)7(9)10/h3,6H,4,8H2,1-2H3,(H,9,10)/t6-/m0/s1. The third-order valence-electron chi connectivity index (χ3n) is 1.35. The molecule has 1 atom stereocenters. The molecule has 0 rings (SSSR count). The molecule has 0 aliphatic heterocycles. The lowest BCUT2D eigenvalue weighted by Crippen LogP contribution is -2.30. The molecule has 0 bridgehead atoms. The molecule has 0 radical (unpaired) electrons. The Kier molecular flexibility index (Phi) is 3.72. The van der Waals surface area contributed by atoms with Crippen LogP contribution in [0.2, 0.25) is 0 Å². The highest BCUT2D eigenvalue weighted by Crippen LogP contribution is 2.01. The molecule has 3 N–H and O–H groups in total. The van der Waals surface area contributed by atoms with Crippen molar-refractivity contribution in [3.8, 4) is 0 Å². The van der Waals surface area contributed by atoms with Gasteiger partial charge in [0, 0.05) is 0 Å². The van der Waals surface area contributed by atoms with Crippen molar-refractivity contribution in [2.45, 2.75) is 26.3 Å². The van der Waals surface area contributed by atoms with E-state index in [9.17, 15) is 4.79 Å². The van der Waals surface area contributed by atoms with E-state index in [0.29, 0.717) is 6.42 Å². The lowest BCUT2D eigenvalue weighted by atomic mass is 10.1. The molecule has 3 heteroatoms. The highest BCUT2D eigenvalue weighted by Gasteiger charge is 2.10. The van der Waals surface area contributed by atoms with Crippen LogP contribution in [-0.4, -0.2) is 17.1 Å². The molecule has 3 nitrogen and oxygen atoms in total. The van der Waals surface area contributed by atoms with E-state index >= 15 is 0 Å². The Bertz CT molecular complexity index is 152. The smallest absolute Gasteiger partial charge is 0.320 e. The topological polar surface area (TPSA) is 63.3 Å². The van der Waals surface area contributed by atoms with Gasteiger partial charge in [-0.25, -0.2) is 0 Å². The third-order valence-corrected chi connectivity index (χ3v) is 1.35. The molecule has 0 aromatic heterocycles. The number of allylic oxidation sites excluding steroid dienone is 1. The maximum atomic E-state index is 10.2. The lowest BCUT2D eigenvalue weighted by Gasteiger charge is -2.04. The highest BCUT2D eigenvalue weighted by atomic mass is 16.4. The van der Waals surface area contributed by atoms with Crippen molar-refractivity contribution in [3.05, 3.63) is 11.6 Å². The SMILES string of the molecule is CC=C(C)C[C@H](N)C(=O)O. The second-order valence-electron chi connectivity index (χ2n) is 2.28. The van der Waals surface area contributed by atoms with Gasteiger partial charge in [-0.1, -0.05) is 11.6 Å². The Labute approximate surface area is 60.5 Å². The van der Waals surface area contributed by atoms with Gasteiger partial charge in [-0.05, 0) is 20.3 Å². The van der Waals surface area contributed by atoms with Gasteiger partial charge in [0.05, 0.1) is 0 Å². The third kappa shape index (κ3) is 3.25. The zero-order valence-electron chi connectivity index (χ0n) is 6.29. The van der Waals surface area contributed by atoms with Crippen molar-refractivity contribution >= 4 is 5.97 Å². The van der Waals surface area contributed by atoms with Crippen LogP contribution < -0.4 is 5.73 Å². The van der Waals surface area contributed by atoms with Gasteiger partial charge < -0.3 is 10.8 Å². The summed E-state index contributed by atoms with van der Waals surface area (Å²) >= 11 is 0. The zero-order chi connectivity index (χ0) is 8.15. The Morgan fingerprint density at radius 1 is 1.80 bits per heavy atom. The zero-order valence-corrected chi connectivity index (χ0v) is 6.29. The molecule has 10 heavy (non-hydrogen) atoms. The Balaban J connectivity index is 3.80. The van der Waals surface area contributed by atoms with Crippen LogP contribution in [-0.2, 0) is 4.79 Å². The molecular weight excluding hydrogens is 130 g/mol. The molecule has 0 saturated carbocycles. The molecule has 0 aliphatic carbocycles. The van der Waals surface area contributed by atoms with E-state index in [-0.39, 0.29) is 0 Å². The predicted molar refractivity (Wildman–Crippen MR) is 39.7 cm³/mol. The molecule has 0 amide bonds. The van der Waals surface area contributed by atoms with E-state index in [2.05, 4.69) is 0 Å². The van der Waals surface area contributed by atoms with Crippen molar-refractivity contribution in [2.75, 3.05) is 0 Å². The van der Waals surface area contributed by atoms with E-state index in [1.165, 1.54) is 0 Å². The first-order chi connectivity index (χ1) is 4.57. The molecule has 0 saturated heterocycles. The number of carboxylic acid groups (broad SMARTS) is 1. The molecule has 0 heterocycles. The van der Waals surface area contributed by atoms with Crippen molar-refractivity contribution in [2.24, 2.45) is 5.73 Å². The second-order valence-corrected chi connectivity index (χ2v) is 2.28. The summed E-state index contributed by atoms with van der Waals surface area (Å²) in [5.41, 5.74) is 6.26. The predicted octanol–water partition coefficient (Wildman–Crippen LogP) is 0.755. The van der Waals surface area contributed by atoms with E-state index in [1.807, 2.05) is 19.9 Å². The number of carboxylic acids is 1. The van der Waals surface area contributed by atoms with Crippen molar-refractivity contribution in [1.29, 1.82) is 0 Å². The minimum absolute atomic E-state index is 0.436. The monoisotopic (exact) mass is 143 g/mol. The van der Waals surface area contributed by atoms with Crippen molar-refractivity contribution in [3.63, 3.8) is 0 Å². The van der Waals surface area contributed by atoms with Gasteiger partial charge in [0.1, 0.15) is 6.04 Å². The molecule has 0 aromatic rings. The summed E-state index contributed by atoms with van der Waals surface area (Å²) in [5, 5.41) is 8.37. The Hall–Kier alpha value is -0.830. The van der Waals surface area contributed by atoms with Crippen LogP contribution in [0.15, 0.2) is 11.6 Å². The van der Waals surface area contributed by atoms with Crippen LogP contribution in [0.1, 0.15) is 20.3 Å². The van der Waals surface area contributed by atoms with Crippen LogP contribution >= 0.6 is 0 Å². The molecule has 58 valence electrons. The van der Waals surface area contributed by atoms with Gasteiger partial charge in [-0.2, -0.15) is 0 Å². The largest absolute Gasteiger partial charge is 0.480 e. The maximum Gasteiger partial charge on any atom is 0.320 e. The van der Waals surface area contributed by atoms with Gasteiger partial charge in [-0.3, -0.25) is 4.79 Å². The second kappa shape index (κ2) is 4.06. The van der Waals surface area contributed by atoms with Crippen LogP contribution in [0.4, 0.5) is 0 Å². The first-order valence-electron chi connectivity index (χ1n) is 3.18. The quantitative estimate of drug-likeness (QED) is 0.573. The lowest BCUT2D eigenvalue weighted by molar-refractivity contribution is -0.138. The normalized spacial score (nSPS) is 14.9. The molecule has 0 aromatic carbocycles. The first kappa shape index (κ1) is 9.17. The average Bonchev–Trinajstić information content (AvgIpc) is 1.87. The van der Waals surface area contributed by atoms with E-state index in [1.54, 1.807) is 0 Å². The summed E-state index contributed by atoms with van der Waals surface area (Å²) in [7, 11) is 0.